The van der Waals surface area contributed by atoms with E-state index in [1.807, 2.05) is 0 Å². The number of benzene rings is 1. The van der Waals surface area contributed by atoms with Crippen molar-refractivity contribution in [3.63, 3.8) is 0 Å². The molecule has 5 N–H and O–H groups in total. The molecule has 0 radical (unpaired) electrons. The molecule has 10 nitrogen and oxygen atoms in total. The summed E-state index contributed by atoms with van der Waals surface area (Å²) >= 11 is 5.75. The lowest BCUT2D eigenvalue weighted by Crippen LogP contribution is -2.15. The molecular formula is C12H13ClN6O4S. The monoisotopic (exact) mass is 372 g/mol. The minimum absolute atomic E-state index is 0.00890. The van der Waals surface area contributed by atoms with Crippen LogP contribution in [0.4, 0.5) is 11.9 Å². The van der Waals surface area contributed by atoms with Crippen molar-refractivity contribution in [1.82, 2.24) is 15.0 Å². The summed E-state index contributed by atoms with van der Waals surface area (Å²) in [4.78, 5) is 22.1. The van der Waals surface area contributed by atoms with Gasteiger partial charge in [0.25, 0.3) is 0 Å². The number of sulfonamides is 1. The van der Waals surface area contributed by atoms with Gasteiger partial charge >= 0.3 is 5.97 Å². The summed E-state index contributed by atoms with van der Waals surface area (Å²) in [5.74, 6) is -0.918. The van der Waals surface area contributed by atoms with Gasteiger partial charge in [0.2, 0.25) is 27.2 Å². The highest BCUT2D eigenvalue weighted by Gasteiger charge is 2.08. The van der Waals surface area contributed by atoms with E-state index >= 15 is 0 Å². The molecule has 0 saturated heterocycles. The maximum absolute atomic E-state index is 11.2. The van der Waals surface area contributed by atoms with Crippen molar-refractivity contribution in [2.24, 2.45) is 5.14 Å². The molecular weight excluding hydrogens is 360 g/mol. The zero-order chi connectivity index (χ0) is 17.7. The summed E-state index contributed by atoms with van der Waals surface area (Å²) in [5.41, 5.74) is 0.749. The fourth-order valence-corrected chi connectivity index (χ4v) is 2.32. The van der Waals surface area contributed by atoms with Crippen LogP contribution >= 0.6 is 11.6 Å². The van der Waals surface area contributed by atoms with Crippen LogP contribution in [0.3, 0.4) is 0 Å². The van der Waals surface area contributed by atoms with Crippen LogP contribution in [0.2, 0.25) is 5.28 Å². The Bertz CT molecular complexity index is 843. The number of anilines is 2. The van der Waals surface area contributed by atoms with Crippen molar-refractivity contribution in [2.45, 2.75) is 11.4 Å². The first-order valence-electron chi connectivity index (χ1n) is 6.47. The Morgan fingerprint density at radius 1 is 1.12 bits per heavy atom. The summed E-state index contributed by atoms with van der Waals surface area (Å²) < 4.78 is 22.4. The van der Waals surface area contributed by atoms with E-state index in [1.165, 1.54) is 12.1 Å². The second-order valence-corrected chi connectivity index (χ2v) is 6.44. The van der Waals surface area contributed by atoms with Gasteiger partial charge in [0.05, 0.1) is 4.90 Å². The van der Waals surface area contributed by atoms with Crippen molar-refractivity contribution in [2.75, 3.05) is 17.2 Å². The topological polar surface area (TPSA) is 160 Å². The van der Waals surface area contributed by atoms with E-state index in [0.29, 0.717) is 0 Å². The van der Waals surface area contributed by atoms with Gasteiger partial charge in [-0.2, -0.15) is 15.0 Å². The van der Waals surface area contributed by atoms with E-state index in [9.17, 15) is 13.2 Å². The molecule has 1 aromatic carbocycles. The Morgan fingerprint density at radius 2 is 1.71 bits per heavy atom. The van der Waals surface area contributed by atoms with Crippen molar-refractivity contribution in [3.8, 4) is 0 Å². The normalized spacial score (nSPS) is 11.1. The molecule has 0 fully saturated rings. The molecule has 0 spiro atoms. The van der Waals surface area contributed by atoms with Gasteiger partial charge in [0, 0.05) is 6.54 Å². The van der Waals surface area contributed by atoms with Crippen LogP contribution in [-0.2, 0) is 21.4 Å². The molecule has 0 aliphatic heterocycles. The summed E-state index contributed by atoms with van der Waals surface area (Å²) in [6.45, 7) is -0.0849. The SMILES string of the molecule is NS(=O)(=O)c1ccc(CNc2nc(Cl)nc(NCC(=O)O)n2)cc1. The van der Waals surface area contributed by atoms with Gasteiger partial charge in [-0.25, -0.2) is 13.6 Å². The smallest absolute Gasteiger partial charge is 0.322 e. The van der Waals surface area contributed by atoms with Crippen LogP contribution in [-0.4, -0.2) is 41.0 Å². The van der Waals surface area contributed by atoms with Crippen LogP contribution in [0.25, 0.3) is 0 Å². The third kappa shape index (κ3) is 5.30. The molecule has 0 aliphatic rings. The number of aromatic nitrogens is 3. The molecule has 0 atom stereocenters. The number of rotatable bonds is 7. The van der Waals surface area contributed by atoms with Gasteiger partial charge in [0.1, 0.15) is 6.54 Å². The molecule has 0 bridgehead atoms. The predicted molar refractivity (Wildman–Crippen MR) is 86.1 cm³/mol. The number of halogens is 1. The first kappa shape index (κ1) is 17.8. The number of nitrogens with one attached hydrogen (secondary N) is 2. The summed E-state index contributed by atoms with van der Waals surface area (Å²) in [5, 5.41) is 18.9. The molecule has 0 aliphatic carbocycles. The van der Waals surface area contributed by atoms with E-state index < -0.39 is 16.0 Å². The number of carbonyl (C=O) groups is 1. The largest absolute Gasteiger partial charge is 0.480 e. The first-order valence-corrected chi connectivity index (χ1v) is 8.39. The van der Waals surface area contributed by atoms with E-state index in [0.717, 1.165) is 5.56 Å². The van der Waals surface area contributed by atoms with Crippen LogP contribution in [0.1, 0.15) is 5.56 Å². The van der Waals surface area contributed by atoms with Crippen LogP contribution in [0.5, 0.6) is 0 Å². The van der Waals surface area contributed by atoms with Gasteiger partial charge in [0.15, 0.2) is 0 Å². The van der Waals surface area contributed by atoms with Crippen LogP contribution in [0, 0.1) is 0 Å². The van der Waals surface area contributed by atoms with Crippen LogP contribution < -0.4 is 15.8 Å². The minimum atomic E-state index is -3.74. The van der Waals surface area contributed by atoms with E-state index in [2.05, 4.69) is 25.6 Å². The van der Waals surface area contributed by atoms with Gasteiger partial charge in [-0.3, -0.25) is 4.79 Å². The quantitative estimate of drug-likeness (QED) is 0.535. The first-order chi connectivity index (χ1) is 11.2. The second-order valence-electron chi connectivity index (χ2n) is 4.54. The Kier molecular flexibility index (Phi) is 5.49. The zero-order valence-electron chi connectivity index (χ0n) is 12.1. The highest BCUT2D eigenvalue weighted by atomic mass is 35.5. The lowest BCUT2D eigenvalue weighted by atomic mass is 10.2. The fraction of sp³-hybridized carbons (Fsp3) is 0.167. The number of hydrogen-bond acceptors (Lipinski definition) is 8. The second kappa shape index (κ2) is 7.38. The Hall–Kier alpha value is -2.50. The summed E-state index contributed by atoms with van der Waals surface area (Å²) in [6.07, 6.45) is 0. The fourth-order valence-electron chi connectivity index (χ4n) is 1.64. The Morgan fingerprint density at radius 3 is 2.25 bits per heavy atom. The lowest BCUT2D eigenvalue weighted by molar-refractivity contribution is -0.134. The number of carboxylic acids is 1. The number of hydrogen-bond donors (Lipinski definition) is 4. The van der Waals surface area contributed by atoms with Crippen molar-refractivity contribution >= 4 is 39.5 Å². The average molecular weight is 373 g/mol. The Labute approximate surface area is 142 Å². The molecule has 0 saturated carbocycles. The molecule has 0 unspecified atom stereocenters. The Balaban J connectivity index is 2.04. The zero-order valence-corrected chi connectivity index (χ0v) is 13.7. The molecule has 0 amide bonds. The van der Waals surface area contributed by atoms with E-state index in [1.54, 1.807) is 12.1 Å². The third-order valence-electron chi connectivity index (χ3n) is 2.71. The van der Waals surface area contributed by atoms with E-state index in [4.69, 9.17) is 21.8 Å². The standard InChI is InChI=1S/C12H13ClN6O4S/c13-10-17-11(19-12(18-10)16-6-9(20)21)15-5-7-1-3-8(4-2-7)24(14,22)23/h1-4H,5-6H2,(H,20,21)(H2,14,22,23)(H2,15,16,17,18,19). The maximum Gasteiger partial charge on any atom is 0.322 e. The van der Waals surface area contributed by atoms with Crippen molar-refractivity contribution in [1.29, 1.82) is 0 Å². The average Bonchev–Trinajstić information content (AvgIpc) is 2.50. The molecule has 12 heteroatoms. The van der Waals surface area contributed by atoms with Gasteiger partial charge in [-0.1, -0.05) is 12.1 Å². The van der Waals surface area contributed by atoms with Gasteiger partial charge < -0.3 is 15.7 Å². The van der Waals surface area contributed by atoms with Gasteiger partial charge in [-0.05, 0) is 29.3 Å². The molecule has 1 heterocycles. The molecule has 24 heavy (non-hydrogen) atoms. The molecule has 2 aromatic rings. The maximum atomic E-state index is 11.2. The number of aliphatic carboxylic acids is 1. The minimum Gasteiger partial charge on any atom is -0.480 e. The van der Waals surface area contributed by atoms with Crippen molar-refractivity contribution < 1.29 is 18.3 Å². The van der Waals surface area contributed by atoms with E-state index in [-0.39, 0.29) is 35.2 Å². The highest BCUT2D eigenvalue weighted by Crippen LogP contribution is 2.12. The lowest BCUT2D eigenvalue weighted by Gasteiger charge is -2.08. The highest BCUT2D eigenvalue weighted by molar-refractivity contribution is 7.89. The molecule has 128 valence electrons. The van der Waals surface area contributed by atoms with Crippen LogP contribution in [0.15, 0.2) is 29.2 Å². The third-order valence-corrected chi connectivity index (χ3v) is 3.81. The predicted octanol–water partition coefficient (Wildman–Crippen LogP) is 0.281. The number of nitrogens with two attached hydrogens (primary N) is 1. The number of primary sulfonamides is 1. The molecule has 1 aromatic heterocycles. The number of carboxylic acid groups (broad SMARTS) is 1. The number of nitrogens with zero attached hydrogens (tertiary/aromatic N) is 3. The van der Waals surface area contributed by atoms with Crippen molar-refractivity contribution in [3.05, 3.63) is 35.1 Å². The molecule has 2 rings (SSSR count). The summed E-state index contributed by atoms with van der Waals surface area (Å²) in [6, 6.07) is 5.93. The van der Waals surface area contributed by atoms with Gasteiger partial charge in [-0.15, -0.1) is 0 Å². The summed E-state index contributed by atoms with van der Waals surface area (Å²) in [7, 11) is -3.74.